The van der Waals surface area contributed by atoms with Crippen LogP contribution in [-0.4, -0.2) is 0 Å². The number of nitrogens with one attached hydrogen (secondary N) is 1. The van der Waals surface area contributed by atoms with Gasteiger partial charge in [0, 0.05) is 11.6 Å². The summed E-state index contributed by atoms with van der Waals surface area (Å²) in [7, 11) is 0. The third kappa shape index (κ3) is 2.38. The molecule has 0 aromatic heterocycles. The van der Waals surface area contributed by atoms with Crippen molar-refractivity contribution in [2.24, 2.45) is 5.92 Å². The average molecular weight is 344 g/mol. The molecule has 1 aliphatic carbocycles. The maximum absolute atomic E-state index is 6.52. The monoisotopic (exact) mass is 343 g/mol. The van der Waals surface area contributed by atoms with Crippen LogP contribution in [0, 0.1) is 19.8 Å². The maximum Gasteiger partial charge on any atom is 0.0645 e. The van der Waals surface area contributed by atoms with Crippen molar-refractivity contribution in [3.8, 4) is 0 Å². The summed E-state index contributed by atoms with van der Waals surface area (Å²) in [5.74, 6) is 0.935. The number of hydrogen-bond donors (Lipinski definition) is 1. The summed E-state index contributed by atoms with van der Waals surface area (Å²) in [6, 6.07) is 10.7. The molecule has 0 saturated carbocycles. The lowest BCUT2D eigenvalue weighted by Crippen LogP contribution is -2.30. The van der Waals surface area contributed by atoms with Gasteiger partial charge in [0.2, 0.25) is 0 Å². The van der Waals surface area contributed by atoms with Gasteiger partial charge in [-0.3, -0.25) is 0 Å². The number of hydrogen-bond acceptors (Lipinski definition) is 1. The third-order valence-electron chi connectivity index (χ3n) is 5.13. The molecule has 1 nitrogen and oxygen atoms in total. The van der Waals surface area contributed by atoms with Gasteiger partial charge in [0.05, 0.1) is 16.1 Å². The Kier molecular flexibility index (Phi) is 3.66. The van der Waals surface area contributed by atoms with Gasteiger partial charge in [-0.15, -0.1) is 0 Å². The van der Waals surface area contributed by atoms with E-state index in [2.05, 4.69) is 49.5 Å². The van der Waals surface area contributed by atoms with E-state index in [0.717, 1.165) is 12.0 Å². The first kappa shape index (κ1) is 15.1. The molecule has 0 saturated heterocycles. The Morgan fingerprint density at radius 1 is 1.09 bits per heavy atom. The van der Waals surface area contributed by atoms with Crippen LogP contribution in [0.2, 0.25) is 10.0 Å². The van der Waals surface area contributed by atoms with Gasteiger partial charge in [0.15, 0.2) is 0 Å². The molecule has 2 aromatic rings. The quantitative estimate of drug-likeness (QED) is 0.587. The van der Waals surface area contributed by atoms with E-state index < -0.39 is 0 Å². The molecule has 118 valence electrons. The van der Waals surface area contributed by atoms with Crippen molar-refractivity contribution in [1.29, 1.82) is 0 Å². The molecule has 4 rings (SSSR count). The molecular formula is C20H19Cl2N. The Bertz CT molecular complexity index is 810. The Morgan fingerprint density at radius 3 is 2.74 bits per heavy atom. The van der Waals surface area contributed by atoms with Crippen molar-refractivity contribution in [2.75, 3.05) is 5.32 Å². The van der Waals surface area contributed by atoms with Crippen LogP contribution in [-0.2, 0) is 0 Å². The van der Waals surface area contributed by atoms with E-state index in [9.17, 15) is 0 Å². The standard InChI is InChI=1S/C20H19Cl2N/c1-11-9-12(2)19-16(10-11)13-5-3-6-14(13)20(23-19)15-7-4-8-17(21)18(15)22/h3-5,7-10,13-14,20,23H,6H2,1-2H3/t13-,14-,20+/m1/s1. The van der Waals surface area contributed by atoms with E-state index in [0.29, 0.717) is 21.9 Å². The van der Waals surface area contributed by atoms with Crippen LogP contribution in [0.5, 0.6) is 0 Å². The van der Waals surface area contributed by atoms with Crippen LogP contribution in [0.15, 0.2) is 42.5 Å². The number of aryl methyl sites for hydroxylation is 2. The molecule has 1 aliphatic heterocycles. The van der Waals surface area contributed by atoms with Crippen LogP contribution >= 0.6 is 23.2 Å². The molecule has 0 fully saturated rings. The highest BCUT2D eigenvalue weighted by atomic mass is 35.5. The van der Waals surface area contributed by atoms with E-state index in [4.69, 9.17) is 23.2 Å². The number of halogens is 2. The highest BCUT2D eigenvalue weighted by Gasteiger charge is 2.39. The van der Waals surface area contributed by atoms with Crippen LogP contribution in [0.25, 0.3) is 0 Å². The molecule has 1 heterocycles. The van der Waals surface area contributed by atoms with E-state index in [1.54, 1.807) is 0 Å². The van der Waals surface area contributed by atoms with Crippen LogP contribution < -0.4 is 5.32 Å². The predicted octanol–water partition coefficient (Wildman–Crippen LogP) is 6.44. The normalized spacial score (nSPS) is 25.0. The fourth-order valence-electron chi connectivity index (χ4n) is 4.14. The van der Waals surface area contributed by atoms with Crippen LogP contribution in [0.3, 0.4) is 0 Å². The lowest BCUT2D eigenvalue weighted by Gasteiger charge is -2.39. The summed E-state index contributed by atoms with van der Waals surface area (Å²) in [6.07, 6.45) is 5.72. The third-order valence-corrected chi connectivity index (χ3v) is 5.96. The molecule has 0 amide bonds. The van der Waals surface area contributed by atoms with Gasteiger partial charge in [-0.2, -0.15) is 0 Å². The van der Waals surface area contributed by atoms with Crippen molar-refractivity contribution in [3.63, 3.8) is 0 Å². The minimum Gasteiger partial charge on any atom is -0.377 e. The molecule has 1 N–H and O–H groups in total. The maximum atomic E-state index is 6.52. The zero-order chi connectivity index (χ0) is 16.1. The average Bonchev–Trinajstić information content (AvgIpc) is 3.00. The van der Waals surface area contributed by atoms with Crippen molar-refractivity contribution in [2.45, 2.75) is 32.2 Å². The second-order valence-corrected chi connectivity index (χ2v) is 7.45. The van der Waals surface area contributed by atoms with E-state index in [1.807, 2.05) is 12.1 Å². The Labute approximate surface area is 147 Å². The van der Waals surface area contributed by atoms with Crippen LogP contribution in [0.4, 0.5) is 5.69 Å². The fourth-order valence-corrected chi connectivity index (χ4v) is 4.57. The molecule has 2 aromatic carbocycles. The fraction of sp³-hybridized carbons (Fsp3) is 0.300. The lowest BCUT2D eigenvalue weighted by atomic mass is 9.76. The smallest absolute Gasteiger partial charge is 0.0645 e. The first-order valence-electron chi connectivity index (χ1n) is 8.04. The summed E-state index contributed by atoms with van der Waals surface area (Å²) in [4.78, 5) is 0. The van der Waals surface area contributed by atoms with E-state index >= 15 is 0 Å². The zero-order valence-electron chi connectivity index (χ0n) is 13.2. The summed E-state index contributed by atoms with van der Waals surface area (Å²) >= 11 is 12.8. The predicted molar refractivity (Wildman–Crippen MR) is 98.7 cm³/mol. The molecule has 3 atom stereocenters. The topological polar surface area (TPSA) is 12.0 Å². The lowest BCUT2D eigenvalue weighted by molar-refractivity contribution is 0.425. The summed E-state index contributed by atoms with van der Waals surface area (Å²) in [5.41, 5.74) is 6.38. The number of rotatable bonds is 1. The second-order valence-electron chi connectivity index (χ2n) is 6.66. The summed E-state index contributed by atoms with van der Waals surface area (Å²) in [6.45, 7) is 4.34. The van der Waals surface area contributed by atoms with E-state index in [1.165, 1.54) is 22.4 Å². The van der Waals surface area contributed by atoms with Gasteiger partial charge < -0.3 is 5.32 Å². The molecular weight excluding hydrogens is 325 g/mol. The second kappa shape index (κ2) is 5.58. The molecule has 2 aliphatic rings. The first-order valence-corrected chi connectivity index (χ1v) is 8.80. The van der Waals surface area contributed by atoms with Gasteiger partial charge in [-0.1, -0.05) is 65.2 Å². The summed E-state index contributed by atoms with van der Waals surface area (Å²) in [5, 5.41) is 5.06. The van der Waals surface area contributed by atoms with Gasteiger partial charge in [-0.05, 0) is 48.9 Å². The zero-order valence-corrected chi connectivity index (χ0v) is 14.7. The Morgan fingerprint density at radius 2 is 1.91 bits per heavy atom. The van der Waals surface area contributed by atoms with Crippen molar-refractivity contribution >= 4 is 28.9 Å². The highest BCUT2D eigenvalue weighted by molar-refractivity contribution is 6.42. The largest absolute Gasteiger partial charge is 0.377 e. The Hall–Kier alpha value is -1.44. The highest BCUT2D eigenvalue weighted by Crippen LogP contribution is 2.52. The van der Waals surface area contributed by atoms with Crippen molar-refractivity contribution in [1.82, 2.24) is 0 Å². The summed E-state index contributed by atoms with van der Waals surface area (Å²) < 4.78 is 0. The first-order chi connectivity index (χ1) is 11.1. The van der Waals surface area contributed by atoms with Crippen LogP contribution in [0.1, 0.15) is 40.6 Å². The van der Waals surface area contributed by atoms with E-state index in [-0.39, 0.29) is 6.04 Å². The van der Waals surface area contributed by atoms with Gasteiger partial charge in [0.1, 0.15) is 0 Å². The molecule has 0 unspecified atom stereocenters. The van der Waals surface area contributed by atoms with Crippen molar-refractivity contribution in [3.05, 3.63) is 74.8 Å². The molecule has 23 heavy (non-hydrogen) atoms. The Balaban J connectivity index is 1.86. The molecule has 3 heteroatoms. The van der Waals surface area contributed by atoms with Gasteiger partial charge >= 0.3 is 0 Å². The van der Waals surface area contributed by atoms with Crippen molar-refractivity contribution < 1.29 is 0 Å². The minimum atomic E-state index is 0.190. The van der Waals surface area contributed by atoms with Gasteiger partial charge in [-0.25, -0.2) is 0 Å². The number of fused-ring (bicyclic) bond motifs is 3. The molecule has 0 spiro atoms. The minimum absolute atomic E-state index is 0.190. The molecule has 0 radical (unpaired) electrons. The number of anilines is 1. The number of allylic oxidation sites excluding steroid dienone is 2. The SMILES string of the molecule is Cc1cc(C)c2c(c1)[C@@H]1C=CC[C@H]1[C@@H](c1cccc(Cl)c1Cl)N2. The van der Waals surface area contributed by atoms with Gasteiger partial charge in [0.25, 0.3) is 0 Å². The molecule has 0 bridgehead atoms. The number of benzene rings is 2.